The zero-order chi connectivity index (χ0) is 12.0. The second-order valence-electron chi connectivity index (χ2n) is 3.23. The van der Waals surface area contributed by atoms with Gasteiger partial charge >= 0.3 is 12.6 Å². The third kappa shape index (κ3) is 4.25. The van der Waals surface area contributed by atoms with E-state index in [2.05, 4.69) is 4.74 Å². The van der Waals surface area contributed by atoms with Gasteiger partial charge in [0.05, 0.1) is 0 Å². The molecule has 0 saturated heterocycles. The Balaban J connectivity index is 2.60. The highest BCUT2D eigenvalue weighted by atomic mass is 19.3. The molecule has 0 saturated carbocycles. The highest BCUT2D eigenvalue weighted by molar-refractivity contribution is 5.66. The zero-order valence-electron chi connectivity index (χ0n) is 8.53. The van der Waals surface area contributed by atoms with E-state index in [1.54, 1.807) is 18.2 Å². The first-order valence-electron chi connectivity index (χ1n) is 4.84. The molecule has 0 radical (unpaired) electrons. The minimum Gasteiger partial charge on any atom is -0.481 e. The van der Waals surface area contributed by atoms with Gasteiger partial charge in [0.2, 0.25) is 0 Å². The number of halogens is 2. The predicted molar refractivity (Wildman–Crippen MR) is 53.6 cm³/mol. The van der Waals surface area contributed by atoms with Gasteiger partial charge in [-0.15, -0.1) is 0 Å². The summed E-state index contributed by atoms with van der Waals surface area (Å²) >= 11 is 0. The number of para-hydroxylation sites is 1. The monoisotopic (exact) mass is 230 g/mol. The second kappa shape index (κ2) is 6.05. The van der Waals surface area contributed by atoms with Crippen LogP contribution < -0.4 is 4.74 Å². The van der Waals surface area contributed by atoms with Crippen LogP contribution in [0, 0.1) is 0 Å². The SMILES string of the molecule is O=C(O)CCCc1ccccc1OC(F)F. The van der Waals surface area contributed by atoms with Gasteiger partial charge in [0.15, 0.2) is 0 Å². The van der Waals surface area contributed by atoms with E-state index < -0.39 is 12.6 Å². The van der Waals surface area contributed by atoms with Crippen LogP contribution in [0.15, 0.2) is 24.3 Å². The van der Waals surface area contributed by atoms with E-state index in [4.69, 9.17) is 5.11 Å². The first kappa shape index (κ1) is 12.4. The second-order valence-corrected chi connectivity index (χ2v) is 3.23. The minimum atomic E-state index is -2.86. The molecule has 1 aromatic rings. The largest absolute Gasteiger partial charge is 0.481 e. The Morgan fingerprint density at radius 2 is 2.06 bits per heavy atom. The summed E-state index contributed by atoms with van der Waals surface area (Å²) < 4.78 is 28.4. The van der Waals surface area contributed by atoms with Crippen molar-refractivity contribution >= 4 is 5.97 Å². The van der Waals surface area contributed by atoms with Crippen LogP contribution in [-0.4, -0.2) is 17.7 Å². The number of carboxylic acids is 1. The molecule has 16 heavy (non-hydrogen) atoms. The smallest absolute Gasteiger partial charge is 0.387 e. The van der Waals surface area contributed by atoms with Crippen LogP contribution in [0.25, 0.3) is 0 Å². The molecular formula is C11H12F2O3. The van der Waals surface area contributed by atoms with Gasteiger partial charge < -0.3 is 9.84 Å². The van der Waals surface area contributed by atoms with E-state index in [9.17, 15) is 13.6 Å². The quantitative estimate of drug-likeness (QED) is 0.817. The lowest BCUT2D eigenvalue weighted by atomic mass is 10.1. The molecule has 0 aliphatic carbocycles. The van der Waals surface area contributed by atoms with Gasteiger partial charge in [-0.05, 0) is 24.5 Å². The van der Waals surface area contributed by atoms with Crippen molar-refractivity contribution in [2.24, 2.45) is 0 Å². The first-order valence-corrected chi connectivity index (χ1v) is 4.84. The normalized spacial score (nSPS) is 10.4. The van der Waals surface area contributed by atoms with Crippen molar-refractivity contribution in [1.82, 2.24) is 0 Å². The average Bonchev–Trinajstić information content (AvgIpc) is 2.19. The van der Waals surface area contributed by atoms with E-state index in [1.807, 2.05) is 0 Å². The molecule has 1 N–H and O–H groups in total. The first-order chi connectivity index (χ1) is 7.59. The Morgan fingerprint density at radius 3 is 2.69 bits per heavy atom. The zero-order valence-corrected chi connectivity index (χ0v) is 8.53. The molecule has 88 valence electrons. The van der Waals surface area contributed by atoms with Crippen LogP contribution >= 0.6 is 0 Å². The maximum atomic E-state index is 12.0. The van der Waals surface area contributed by atoms with Crippen molar-refractivity contribution in [2.45, 2.75) is 25.9 Å². The maximum absolute atomic E-state index is 12.0. The fourth-order valence-corrected chi connectivity index (χ4v) is 1.35. The number of aliphatic carboxylic acids is 1. The lowest BCUT2D eigenvalue weighted by molar-refractivity contribution is -0.137. The maximum Gasteiger partial charge on any atom is 0.387 e. The summed E-state index contributed by atoms with van der Waals surface area (Å²) in [5.41, 5.74) is 0.601. The third-order valence-electron chi connectivity index (χ3n) is 2.03. The Morgan fingerprint density at radius 1 is 1.38 bits per heavy atom. The van der Waals surface area contributed by atoms with Crippen molar-refractivity contribution in [3.63, 3.8) is 0 Å². The highest BCUT2D eigenvalue weighted by Gasteiger charge is 2.09. The number of hydrogen-bond donors (Lipinski definition) is 1. The van der Waals surface area contributed by atoms with E-state index in [0.29, 0.717) is 18.4 Å². The summed E-state index contributed by atoms with van der Waals surface area (Å²) in [5, 5.41) is 8.45. The molecule has 0 amide bonds. The summed E-state index contributed by atoms with van der Waals surface area (Å²) in [6, 6.07) is 6.40. The predicted octanol–water partition coefficient (Wildman–Crippen LogP) is 2.70. The molecule has 3 nitrogen and oxygen atoms in total. The van der Waals surface area contributed by atoms with Gasteiger partial charge in [0.1, 0.15) is 5.75 Å². The Bertz CT molecular complexity index is 353. The molecule has 0 unspecified atom stereocenters. The topological polar surface area (TPSA) is 46.5 Å². The summed E-state index contributed by atoms with van der Waals surface area (Å²) in [7, 11) is 0. The average molecular weight is 230 g/mol. The lowest BCUT2D eigenvalue weighted by Crippen LogP contribution is -2.05. The Hall–Kier alpha value is -1.65. The molecule has 0 spiro atoms. The Labute approximate surface area is 91.7 Å². The number of ether oxygens (including phenoxy) is 1. The van der Waals surface area contributed by atoms with E-state index in [1.165, 1.54) is 6.07 Å². The fourth-order valence-electron chi connectivity index (χ4n) is 1.35. The van der Waals surface area contributed by atoms with Crippen LogP contribution in [0.2, 0.25) is 0 Å². The standard InChI is InChI=1S/C11H12F2O3/c12-11(13)16-9-6-2-1-4-8(9)5-3-7-10(14)15/h1-2,4,6,11H,3,5,7H2,(H,14,15). The van der Waals surface area contributed by atoms with E-state index >= 15 is 0 Å². The number of aryl methyl sites for hydroxylation is 1. The number of benzene rings is 1. The van der Waals surface area contributed by atoms with Crippen molar-refractivity contribution < 1.29 is 23.4 Å². The van der Waals surface area contributed by atoms with Crippen LogP contribution in [0.1, 0.15) is 18.4 Å². The molecule has 0 bridgehead atoms. The van der Waals surface area contributed by atoms with Gasteiger partial charge in [0.25, 0.3) is 0 Å². The van der Waals surface area contributed by atoms with Gasteiger partial charge in [0, 0.05) is 6.42 Å². The van der Waals surface area contributed by atoms with Crippen LogP contribution in [0.3, 0.4) is 0 Å². The summed E-state index contributed by atoms with van der Waals surface area (Å²) in [6.07, 6.45) is 0.831. The summed E-state index contributed by atoms with van der Waals surface area (Å²) in [5.74, 6) is -0.782. The summed E-state index contributed by atoms with van der Waals surface area (Å²) in [6.45, 7) is -2.86. The van der Waals surface area contributed by atoms with Gasteiger partial charge in [-0.2, -0.15) is 8.78 Å². The molecule has 0 aliphatic heterocycles. The summed E-state index contributed by atoms with van der Waals surface area (Å²) in [4.78, 5) is 10.3. The minimum absolute atomic E-state index is 0.0169. The number of carboxylic acid groups (broad SMARTS) is 1. The van der Waals surface area contributed by atoms with Crippen molar-refractivity contribution in [3.8, 4) is 5.75 Å². The van der Waals surface area contributed by atoms with E-state index in [-0.39, 0.29) is 12.2 Å². The molecule has 0 fully saturated rings. The fraction of sp³-hybridized carbons (Fsp3) is 0.364. The molecule has 1 aromatic carbocycles. The molecule has 5 heteroatoms. The molecule has 0 atom stereocenters. The van der Waals surface area contributed by atoms with Crippen molar-refractivity contribution in [3.05, 3.63) is 29.8 Å². The Kier molecular flexibility index (Phi) is 4.69. The van der Waals surface area contributed by atoms with E-state index in [0.717, 1.165) is 0 Å². The highest BCUT2D eigenvalue weighted by Crippen LogP contribution is 2.21. The van der Waals surface area contributed by atoms with Gasteiger partial charge in [-0.3, -0.25) is 4.79 Å². The van der Waals surface area contributed by atoms with Crippen LogP contribution in [0.5, 0.6) is 5.75 Å². The van der Waals surface area contributed by atoms with Crippen molar-refractivity contribution in [1.29, 1.82) is 0 Å². The van der Waals surface area contributed by atoms with Crippen LogP contribution in [0.4, 0.5) is 8.78 Å². The number of alkyl halides is 2. The number of carbonyl (C=O) groups is 1. The molecule has 0 aliphatic rings. The number of rotatable bonds is 6. The third-order valence-corrected chi connectivity index (χ3v) is 2.03. The lowest BCUT2D eigenvalue weighted by Gasteiger charge is -2.09. The number of hydrogen-bond acceptors (Lipinski definition) is 2. The molecule has 0 aromatic heterocycles. The van der Waals surface area contributed by atoms with Crippen molar-refractivity contribution in [2.75, 3.05) is 0 Å². The van der Waals surface area contributed by atoms with Gasteiger partial charge in [-0.25, -0.2) is 0 Å². The molecule has 0 heterocycles. The van der Waals surface area contributed by atoms with Gasteiger partial charge in [-0.1, -0.05) is 18.2 Å². The molecule has 1 rings (SSSR count). The van der Waals surface area contributed by atoms with Crippen LogP contribution in [-0.2, 0) is 11.2 Å². The molecular weight excluding hydrogens is 218 g/mol.